The number of aryl methyl sites for hydroxylation is 2. The lowest BCUT2D eigenvalue weighted by Gasteiger charge is -2.39. The molecule has 0 spiro atoms. The lowest BCUT2D eigenvalue weighted by Crippen LogP contribution is -2.48. The number of carbonyl (C=O) groups excluding carboxylic acids is 1. The van der Waals surface area contributed by atoms with Gasteiger partial charge in [-0.1, -0.05) is 53.7 Å². The van der Waals surface area contributed by atoms with Crippen molar-refractivity contribution in [1.29, 1.82) is 0 Å². The topological polar surface area (TPSA) is 51.0 Å². The molecule has 168 valence electrons. The molecule has 1 fully saturated rings. The Balaban J connectivity index is 1.54. The third-order valence-corrected chi connectivity index (χ3v) is 7.24. The SMILES string of the molecule is C[C@H]1CCC[C@H](C)N1C(=O)CSc1nnc(CCc2ccccc2)n1-c1ccc(Cl)cc1. The summed E-state index contributed by atoms with van der Waals surface area (Å²) in [4.78, 5) is 15.1. The molecule has 2 atom stereocenters. The third kappa shape index (κ3) is 5.36. The molecule has 1 aliphatic rings. The fourth-order valence-electron chi connectivity index (χ4n) is 4.42. The largest absolute Gasteiger partial charge is 0.337 e. The van der Waals surface area contributed by atoms with Crippen molar-refractivity contribution in [3.63, 3.8) is 0 Å². The number of benzene rings is 2. The number of rotatable bonds is 7. The fraction of sp³-hybridized carbons (Fsp3) is 0.400. The quantitative estimate of drug-likeness (QED) is 0.424. The van der Waals surface area contributed by atoms with E-state index in [0.29, 0.717) is 22.9 Å². The number of hydrogen-bond donors (Lipinski definition) is 0. The van der Waals surface area contributed by atoms with E-state index >= 15 is 0 Å². The second-order valence-electron chi connectivity index (χ2n) is 8.41. The summed E-state index contributed by atoms with van der Waals surface area (Å²) in [6.07, 6.45) is 4.97. The van der Waals surface area contributed by atoms with Crippen molar-refractivity contribution < 1.29 is 4.79 Å². The zero-order valence-electron chi connectivity index (χ0n) is 18.6. The number of thioether (sulfide) groups is 1. The first-order valence-electron chi connectivity index (χ1n) is 11.2. The van der Waals surface area contributed by atoms with Gasteiger partial charge in [0.1, 0.15) is 5.82 Å². The summed E-state index contributed by atoms with van der Waals surface area (Å²) in [6, 6.07) is 18.6. The number of amides is 1. The number of halogens is 1. The predicted molar refractivity (Wildman–Crippen MR) is 131 cm³/mol. The molecule has 0 unspecified atom stereocenters. The predicted octanol–water partition coefficient (Wildman–Crippen LogP) is 5.59. The maximum absolute atomic E-state index is 13.0. The molecule has 2 heterocycles. The highest BCUT2D eigenvalue weighted by Crippen LogP contribution is 2.27. The first-order valence-corrected chi connectivity index (χ1v) is 12.6. The Kier molecular flexibility index (Phi) is 7.53. The van der Waals surface area contributed by atoms with Crippen LogP contribution >= 0.6 is 23.4 Å². The molecule has 0 radical (unpaired) electrons. The Morgan fingerprint density at radius 3 is 2.38 bits per heavy atom. The molecule has 3 aromatic rings. The third-order valence-electron chi connectivity index (χ3n) is 6.07. The van der Waals surface area contributed by atoms with E-state index in [1.165, 1.54) is 23.7 Å². The Hall–Kier alpha value is -2.31. The Morgan fingerprint density at radius 1 is 1.00 bits per heavy atom. The summed E-state index contributed by atoms with van der Waals surface area (Å²) in [7, 11) is 0. The maximum Gasteiger partial charge on any atom is 0.233 e. The Labute approximate surface area is 199 Å². The summed E-state index contributed by atoms with van der Waals surface area (Å²) in [5.74, 6) is 1.41. The Bertz CT molecular complexity index is 1030. The van der Waals surface area contributed by atoms with Crippen LogP contribution in [0.25, 0.3) is 5.69 Å². The average Bonchev–Trinajstić information content (AvgIpc) is 3.20. The van der Waals surface area contributed by atoms with Gasteiger partial charge in [-0.3, -0.25) is 9.36 Å². The van der Waals surface area contributed by atoms with E-state index in [4.69, 9.17) is 11.6 Å². The van der Waals surface area contributed by atoms with Crippen LogP contribution in [0.5, 0.6) is 0 Å². The zero-order chi connectivity index (χ0) is 22.5. The van der Waals surface area contributed by atoms with E-state index in [2.05, 4.69) is 57.8 Å². The smallest absolute Gasteiger partial charge is 0.233 e. The first-order chi connectivity index (χ1) is 15.5. The van der Waals surface area contributed by atoms with Crippen LogP contribution in [0, 0.1) is 0 Å². The molecule has 0 bridgehead atoms. The average molecular weight is 469 g/mol. The highest BCUT2D eigenvalue weighted by Gasteiger charge is 2.29. The van der Waals surface area contributed by atoms with Gasteiger partial charge in [0.05, 0.1) is 5.75 Å². The molecule has 32 heavy (non-hydrogen) atoms. The van der Waals surface area contributed by atoms with Gasteiger partial charge >= 0.3 is 0 Å². The van der Waals surface area contributed by atoms with Crippen LogP contribution in [0.2, 0.25) is 5.02 Å². The minimum absolute atomic E-state index is 0.172. The summed E-state index contributed by atoms with van der Waals surface area (Å²) in [5.41, 5.74) is 2.22. The van der Waals surface area contributed by atoms with E-state index < -0.39 is 0 Å². The van der Waals surface area contributed by atoms with Gasteiger partial charge in [0, 0.05) is 29.2 Å². The standard InChI is InChI=1S/C25H29ClN4OS/c1-18-7-6-8-19(2)29(18)24(31)17-32-25-28-27-23(16-11-20-9-4-3-5-10-20)30(25)22-14-12-21(26)13-15-22/h3-5,9-10,12-15,18-19H,6-8,11,16-17H2,1-2H3/t18-,19-/m0/s1. The number of likely N-dealkylation sites (tertiary alicyclic amines) is 1. The van der Waals surface area contributed by atoms with E-state index in [0.717, 1.165) is 42.4 Å². The van der Waals surface area contributed by atoms with Crippen molar-refractivity contribution in [2.75, 3.05) is 5.75 Å². The van der Waals surface area contributed by atoms with Crippen LogP contribution in [0.4, 0.5) is 0 Å². The summed E-state index contributed by atoms with van der Waals surface area (Å²) in [5, 5.41) is 10.4. The summed E-state index contributed by atoms with van der Waals surface area (Å²) in [6.45, 7) is 4.30. The molecule has 1 amide bonds. The highest BCUT2D eigenvalue weighted by atomic mass is 35.5. The molecule has 0 aliphatic carbocycles. The second-order valence-corrected chi connectivity index (χ2v) is 9.79. The van der Waals surface area contributed by atoms with Gasteiger partial charge in [0.25, 0.3) is 0 Å². The van der Waals surface area contributed by atoms with Gasteiger partial charge in [-0.25, -0.2) is 0 Å². The summed E-state index contributed by atoms with van der Waals surface area (Å²) >= 11 is 7.57. The minimum Gasteiger partial charge on any atom is -0.337 e. The molecular weight excluding hydrogens is 440 g/mol. The van der Waals surface area contributed by atoms with Crippen molar-refractivity contribution in [3.8, 4) is 5.69 Å². The fourth-order valence-corrected chi connectivity index (χ4v) is 5.39. The van der Waals surface area contributed by atoms with Gasteiger partial charge in [0.2, 0.25) is 5.91 Å². The number of hydrogen-bond acceptors (Lipinski definition) is 4. The molecule has 7 heteroatoms. The second kappa shape index (κ2) is 10.5. The van der Waals surface area contributed by atoms with Gasteiger partial charge in [0.15, 0.2) is 5.16 Å². The van der Waals surface area contributed by atoms with Gasteiger partial charge in [-0.05, 0) is 69.4 Å². The normalized spacial score (nSPS) is 18.7. The minimum atomic E-state index is 0.172. The molecule has 2 aromatic carbocycles. The van der Waals surface area contributed by atoms with Crippen molar-refractivity contribution in [2.45, 2.75) is 63.2 Å². The molecule has 1 saturated heterocycles. The van der Waals surface area contributed by atoms with E-state index in [9.17, 15) is 4.79 Å². The lowest BCUT2D eigenvalue weighted by molar-refractivity contribution is -0.134. The van der Waals surface area contributed by atoms with Crippen LogP contribution < -0.4 is 0 Å². The van der Waals surface area contributed by atoms with Crippen LogP contribution in [-0.4, -0.2) is 43.4 Å². The molecule has 0 N–H and O–H groups in total. The molecule has 1 aromatic heterocycles. The molecular formula is C25H29ClN4OS. The van der Waals surface area contributed by atoms with Crippen molar-refractivity contribution in [3.05, 3.63) is 71.0 Å². The van der Waals surface area contributed by atoms with E-state index in [1.54, 1.807) is 0 Å². The van der Waals surface area contributed by atoms with Gasteiger partial charge in [-0.2, -0.15) is 0 Å². The van der Waals surface area contributed by atoms with Crippen LogP contribution in [0.15, 0.2) is 59.8 Å². The van der Waals surface area contributed by atoms with E-state index in [1.807, 2.05) is 30.3 Å². The molecule has 0 saturated carbocycles. The molecule has 5 nitrogen and oxygen atoms in total. The van der Waals surface area contributed by atoms with Crippen LogP contribution in [0.3, 0.4) is 0 Å². The van der Waals surface area contributed by atoms with Crippen LogP contribution in [-0.2, 0) is 17.6 Å². The number of piperidine rings is 1. The first kappa shape index (κ1) is 22.9. The summed E-state index contributed by atoms with van der Waals surface area (Å²) < 4.78 is 2.06. The highest BCUT2D eigenvalue weighted by molar-refractivity contribution is 7.99. The zero-order valence-corrected chi connectivity index (χ0v) is 20.1. The van der Waals surface area contributed by atoms with Gasteiger partial charge in [-0.15, -0.1) is 10.2 Å². The lowest BCUT2D eigenvalue weighted by atomic mass is 9.98. The molecule has 1 aliphatic heterocycles. The maximum atomic E-state index is 13.0. The van der Waals surface area contributed by atoms with Gasteiger partial charge < -0.3 is 4.90 Å². The monoisotopic (exact) mass is 468 g/mol. The van der Waals surface area contributed by atoms with Crippen molar-refractivity contribution in [2.24, 2.45) is 0 Å². The van der Waals surface area contributed by atoms with E-state index in [-0.39, 0.29) is 5.91 Å². The number of nitrogens with zero attached hydrogens (tertiary/aromatic N) is 4. The van der Waals surface area contributed by atoms with Crippen LogP contribution in [0.1, 0.15) is 44.5 Å². The van der Waals surface area contributed by atoms with Crippen molar-refractivity contribution >= 4 is 29.3 Å². The number of carbonyl (C=O) groups is 1. The molecule has 4 rings (SSSR count). The Morgan fingerprint density at radius 2 is 1.69 bits per heavy atom. The van der Waals surface area contributed by atoms with Crippen molar-refractivity contribution in [1.82, 2.24) is 19.7 Å². The number of aromatic nitrogens is 3.